The zero-order valence-electron chi connectivity index (χ0n) is 16.8. The maximum Gasteiger partial charge on any atom is 0.341 e. The molecule has 30 heavy (non-hydrogen) atoms. The Morgan fingerprint density at radius 2 is 1.97 bits per heavy atom. The number of amides is 1. The summed E-state index contributed by atoms with van der Waals surface area (Å²) in [5, 5.41) is 16.9. The number of hydrogen-bond donors (Lipinski definition) is 2. The minimum atomic E-state index is -0.596. The molecule has 12 heteroatoms. The van der Waals surface area contributed by atoms with Gasteiger partial charge in [0.15, 0.2) is 5.11 Å². The van der Waals surface area contributed by atoms with Crippen molar-refractivity contribution >= 4 is 57.0 Å². The van der Waals surface area contributed by atoms with Crippen molar-refractivity contribution in [1.82, 2.24) is 9.88 Å². The molecule has 0 spiro atoms. The first-order valence-corrected chi connectivity index (χ1v) is 10.1. The number of carbonyl (C=O) groups is 2. The molecular formula is C18H21N5O5S2. The molecule has 0 fully saturated rings. The summed E-state index contributed by atoms with van der Waals surface area (Å²) in [6.45, 7) is 6.50. The van der Waals surface area contributed by atoms with Crippen LogP contribution < -0.4 is 10.6 Å². The molecule has 0 aliphatic carbocycles. The van der Waals surface area contributed by atoms with E-state index in [0.29, 0.717) is 28.5 Å². The number of ether oxygens (including phenoxy) is 1. The number of aromatic nitrogens is 1. The van der Waals surface area contributed by atoms with Gasteiger partial charge in [0.1, 0.15) is 17.0 Å². The molecule has 0 aliphatic rings. The van der Waals surface area contributed by atoms with Gasteiger partial charge in [0.05, 0.1) is 22.5 Å². The van der Waals surface area contributed by atoms with E-state index in [9.17, 15) is 19.7 Å². The van der Waals surface area contributed by atoms with Crippen LogP contribution in [0.1, 0.15) is 39.4 Å². The summed E-state index contributed by atoms with van der Waals surface area (Å²) in [6, 6.07) is 2.69. The van der Waals surface area contributed by atoms with Crippen LogP contribution in [0.25, 0.3) is 0 Å². The molecule has 160 valence electrons. The highest BCUT2D eigenvalue weighted by Gasteiger charge is 2.27. The molecule has 2 N–H and O–H groups in total. The summed E-state index contributed by atoms with van der Waals surface area (Å²) < 4.78 is 4.86. The number of nitrogens with one attached hydrogen (secondary N) is 2. The number of methoxy groups -OCH3 is 1. The van der Waals surface area contributed by atoms with Gasteiger partial charge in [0.25, 0.3) is 11.6 Å². The molecule has 2 heterocycles. The number of esters is 1. The lowest BCUT2D eigenvalue weighted by Crippen LogP contribution is -2.30. The number of nitrogens with zero attached hydrogens (tertiary/aromatic N) is 3. The number of carbonyl (C=O) groups excluding carboxylic acids is 2. The Balaban J connectivity index is 2.29. The predicted octanol–water partition coefficient (Wildman–Crippen LogP) is 3.44. The molecule has 2 rings (SSSR count). The van der Waals surface area contributed by atoms with E-state index in [1.165, 1.54) is 19.2 Å². The molecule has 1 amide bonds. The first-order chi connectivity index (χ1) is 14.2. The molecule has 0 unspecified atom stereocenters. The van der Waals surface area contributed by atoms with Crippen molar-refractivity contribution in [2.24, 2.45) is 0 Å². The van der Waals surface area contributed by atoms with Crippen LogP contribution in [0, 0.1) is 17.0 Å². The van der Waals surface area contributed by atoms with Gasteiger partial charge in [-0.25, -0.2) is 9.78 Å². The van der Waals surface area contributed by atoms with E-state index in [1.807, 2.05) is 13.8 Å². The Labute approximate surface area is 182 Å². The minimum Gasteiger partial charge on any atom is -0.465 e. The lowest BCUT2D eigenvalue weighted by molar-refractivity contribution is -0.385. The van der Waals surface area contributed by atoms with Gasteiger partial charge >= 0.3 is 5.97 Å². The van der Waals surface area contributed by atoms with E-state index in [0.717, 1.165) is 17.5 Å². The second-order valence-corrected chi connectivity index (χ2v) is 7.40. The summed E-state index contributed by atoms with van der Waals surface area (Å²) in [4.78, 5) is 41.3. The fourth-order valence-corrected chi connectivity index (χ4v) is 4.07. The van der Waals surface area contributed by atoms with Crippen molar-refractivity contribution in [3.8, 4) is 0 Å². The normalized spacial score (nSPS) is 10.3. The van der Waals surface area contributed by atoms with Crippen LogP contribution in [-0.2, 0) is 4.74 Å². The molecule has 0 atom stereocenters. The number of rotatable bonds is 7. The lowest BCUT2D eigenvalue weighted by atomic mass is 10.1. The van der Waals surface area contributed by atoms with Gasteiger partial charge in [-0.05, 0) is 44.6 Å². The average Bonchev–Trinajstić information content (AvgIpc) is 3.04. The summed E-state index contributed by atoms with van der Waals surface area (Å²) in [6.07, 6.45) is 1.10. The van der Waals surface area contributed by atoms with Crippen LogP contribution in [0.4, 0.5) is 16.5 Å². The van der Waals surface area contributed by atoms with Gasteiger partial charge in [-0.3, -0.25) is 14.9 Å². The summed E-state index contributed by atoms with van der Waals surface area (Å²) >= 11 is 6.37. The van der Waals surface area contributed by atoms with Crippen molar-refractivity contribution in [3.05, 3.63) is 44.4 Å². The number of pyridine rings is 1. The highest BCUT2D eigenvalue weighted by molar-refractivity contribution is 7.80. The van der Waals surface area contributed by atoms with Crippen LogP contribution in [0.2, 0.25) is 0 Å². The smallest absolute Gasteiger partial charge is 0.341 e. The number of thiophene rings is 1. The van der Waals surface area contributed by atoms with Crippen LogP contribution in [-0.4, -0.2) is 52.0 Å². The van der Waals surface area contributed by atoms with Gasteiger partial charge in [-0.2, -0.15) is 0 Å². The molecule has 0 radical (unpaired) electrons. The Morgan fingerprint density at radius 1 is 1.30 bits per heavy atom. The van der Waals surface area contributed by atoms with Crippen molar-refractivity contribution < 1.29 is 19.2 Å². The van der Waals surface area contributed by atoms with Crippen LogP contribution >= 0.6 is 23.6 Å². The largest absolute Gasteiger partial charge is 0.465 e. The van der Waals surface area contributed by atoms with E-state index < -0.39 is 10.9 Å². The third-order valence-electron chi connectivity index (χ3n) is 4.21. The molecule has 0 aromatic carbocycles. The molecule has 10 nitrogen and oxygen atoms in total. The SMILES string of the molecule is CCN(CC)C(=O)c1sc(NC(=S)Nc2ccc([N+](=O)[O-])cn2)c(C(=O)OC)c1C. The molecule has 0 saturated carbocycles. The quantitative estimate of drug-likeness (QED) is 0.282. The molecule has 2 aromatic heterocycles. The van der Waals surface area contributed by atoms with Crippen LogP contribution in [0.5, 0.6) is 0 Å². The van der Waals surface area contributed by atoms with Gasteiger partial charge in [-0.15, -0.1) is 11.3 Å². The molecule has 2 aromatic rings. The van der Waals surface area contributed by atoms with E-state index in [1.54, 1.807) is 11.8 Å². The fraction of sp³-hybridized carbons (Fsp3) is 0.333. The fourth-order valence-electron chi connectivity index (χ4n) is 2.63. The molecular weight excluding hydrogens is 430 g/mol. The van der Waals surface area contributed by atoms with E-state index in [4.69, 9.17) is 17.0 Å². The zero-order valence-corrected chi connectivity index (χ0v) is 18.5. The predicted molar refractivity (Wildman–Crippen MR) is 118 cm³/mol. The second kappa shape index (κ2) is 10.1. The Hall–Kier alpha value is -3.12. The van der Waals surface area contributed by atoms with Crippen molar-refractivity contribution in [1.29, 1.82) is 0 Å². The second-order valence-electron chi connectivity index (χ2n) is 5.97. The molecule has 0 aliphatic heterocycles. The third kappa shape index (κ3) is 5.07. The van der Waals surface area contributed by atoms with E-state index in [-0.39, 0.29) is 28.1 Å². The Bertz CT molecular complexity index is 970. The van der Waals surface area contributed by atoms with Gasteiger partial charge in [0, 0.05) is 19.2 Å². The van der Waals surface area contributed by atoms with E-state index >= 15 is 0 Å². The van der Waals surface area contributed by atoms with E-state index in [2.05, 4.69) is 15.6 Å². The number of hydrogen-bond acceptors (Lipinski definition) is 8. The van der Waals surface area contributed by atoms with Crippen LogP contribution in [0.15, 0.2) is 18.3 Å². The first kappa shape index (κ1) is 23.2. The lowest BCUT2D eigenvalue weighted by Gasteiger charge is -2.17. The standard InChI is InChI=1S/C18H21N5O5S2/c1-5-22(6-2)16(24)14-10(3)13(17(25)28-4)15(30-14)21-18(29)20-12-8-7-11(9-19-12)23(26)27/h7-9H,5-6H2,1-4H3,(H2,19,20,21,29). The van der Waals surface area contributed by atoms with Gasteiger partial charge in [0.2, 0.25) is 0 Å². The monoisotopic (exact) mass is 451 g/mol. The summed E-state index contributed by atoms with van der Waals surface area (Å²) in [5.74, 6) is -0.497. The number of nitro groups is 1. The first-order valence-electron chi connectivity index (χ1n) is 8.92. The maximum absolute atomic E-state index is 12.8. The number of thiocarbonyl (C=S) groups is 1. The summed E-state index contributed by atoms with van der Waals surface area (Å²) in [7, 11) is 1.26. The van der Waals surface area contributed by atoms with Crippen LogP contribution in [0.3, 0.4) is 0 Å². The topological polar surface area (TPSA) is 127 Å². The van der Waals surface area contributed by atoms with Crippen molar-refractivity contribution in [2.75, 3.05) is 30.8 Å². The minimum absolute atomic E-state index is 0.101. The van der Waals surface area contributed by atoms with Crippen molar-refractivity contribution in [3.63, 3.8) is 0 Å². The van der Waals surface area contributed by atoms with Gasteiger partial charge < -0.3 is 20.3 Å². The highest BCUT2D eigenvalue weighted by atomic mass is 32.1. The average molecular weight is 452 g/mol. The van der Waals surface area contributed by atoms with Gasteiger partial charge in [-0.1, -0.05) is 0 Å². The Morgan fingerprint density at radius 3 is 2.47 bits per heavy atom. The highest BCUT2D eigenvalue weighted by Crippen LogP contribution is 2.34. The molecule has 0 bridgehead atoms. The Kier molecular flexibility index (Phi) is 7.78. The van der Waals surface area contributed by atoms with Crippen molar-refractivity contribution in [2.45, 2.75) is 20.8 Å². The molecule has 0 saturated heterocycles. The zero-order chi connectivity index (χ0) is 22.4. The number of anilines is 2. The maximum atomic E-state index is 12.8. The third-order valence-corrected chi connectivity index (χ3v) is 5.61. The summed E-state index contributed by atoms with van der Waals surface area (Å²) in [5.41, 5.74) is 0.571.